The molecule has 3 saturated heterocycles. The number of amides is 1. The van der Waals surface area contributed by atoms with Crippen LogP contribution in [0.3, 0.4) is 0 Å². The molecule has 98 heavy (non-hydrogen) atoms. The van der Waals surface area contributed by atoms with Crippen molar-refractivity contribution in [2.45, 2.75) is 381 Å². The number of carbonyl (C=O) groups excluding carboxylic acids is 1. The van der Waals surface area contributed by atoms with Gasteiger partial charge in [-0.25, -0.2) is 0 Å². The largest absolute Gasteiger partial charge is 0.394 e. The third kappa shape index (κ3) is 39.6. The SMILES string of the molecule is CC/C=C\C/C=C\C/C=C\C/C=C\C/C=C\CCCCCCCCCCCCCCCCCCCCCCCC(=O)NC(COC1OC(CO)C(OC2OC(CO)C(OC3OC(CO)C(O)C(O)C3O)C(O)C2O)C(O)C1O)C(O)/C=C/CC/C=C/CCCCCCCCCCCC. The van der Waals surface area contributed by atoms with Gasteiger partial charge in [0.05, 0.1) is 38.6 Å². The van der Waals surface area contributed by atoms with Crippen LogP contribution in [0.4, 0.5) is 0 Å². The van der Waals surface area contributed by atoms with Crippen molar-refractivity contribution in [3.05, 3.63) is 85.1 Å². The summed E-state index contributed by atoms with van der Waals surface area (Å²) in [5.74, 6) is -0.284. The number of unbranched alkanes of at least 4 members (excludes halogenated alkanes) is 32. The Bertz CT molecular complexity index is 2100. The van der Waals surface area contributed by atoms with Crippen LogP contribution in [0.25, 0.3) is 0 Å². The predicted molar refractivity (Wildman–Crippen MR) is 388 cm³/mol. The maximum atomic E-state index is 13.4. The Morgan fingerprint density at radius 2 is 0.714 bits per heavy atom. The second-order valence-corrected chi connectivity index (χ2v) is 27.4. The highest BCUT2D eigenvalue weighted by Crippen LogP contribution is 2.33. The molecule has 19 heteroatoms. The standard InChI is InChI=1S/C79H139NO18/c1-3-5-7-9-11-13-15-17-19-21-22-23-24-25-26-27-28-29-30-31-32-33-34-35-36-37-38-39-40-41-43-45-47-49-51-53-55-57-67(85)80-62(63(84)56-54-52-50-48-46-44-42-20-18-16-14-12-10-8-6-4-2)61-93-77-73(91)70(88)75(65(59-82)95-77)98-79-74(92)71(89)76(66(60-83)96-79)97-78-72(90)69(87)68(86)64(58-81)94-78/h5,7,11,13,17,19,22-23,25-26,46,48,54,56,62-66,68-79,81-84,86-92H,3-4,6,8-10,12,14-16,18,20-21,24,27-45,47,49-53,55,57-61H2,1-2H3,(H,80,85)/b7-5-,13-11-,19-17-,23-22-,26-25-,48-46+,56-54+. The summed E-state index contributed by atoms with van der Waals surface area (Å²) in [5, 5.41) is 121. The average molecular weight is 1390 g/mol. The van der Waals surface area contributed by atoms with Gasteiger partial charge in [0.25, 0.3) is 0 Å². The summed E-state index contributed by atoms with van der Waals surface area (Å²) < 4.78 is 34.4. The summed E-state index contributed by atoms with van der Waals surface area (Å²) in [5.41, 5.74) is 0. The summed E-state index contributed by atoms with van der Waals surface area (Å²) in [6.45, 7) is 1.61. The monoisotopic (exact) mass is 1390 g/mol. The summed E-state index contributed by atoms with van der Waals surface area (Å²) >= 11 is 0. The van der Waals surface area contributed by atoms with Crippen LogP contribution in [0, 0.1) is 0 Å². The molecule has 17 unspecified atom stereocenters. The molecule has 3 heterocycles. The summed E-state index contributed by atoms with van der Waals surface area (Å²) in [6.07, 6.45) is 51.6. The molecular formula is C79H139NO18. The molecule has 0 spiro atoms. The molecule has 0 aromatic rings. The first-order chi connectivity index (χ1) is 47.8. The van der Waals surface area contributed by atoms with E-state index >= 15 is 0 Å². The second kappa shape index (κ2) is 59.4. The topological polar surface area (TPSA) is 307 Å². The summed E-state index contributed by atoms with van der Waals surface area (Å²) in [4.78, 5) is 13.4. The van der Waals surface area contributed by atoms with Gasteiger partial charge in [0.2, 0.25) is 5.91 Å². The zero-order chi connectivity index (χ0) is 71.1. The minimum atomic E-state index is -1.98. The number of aliphatic hydroxyl groups excluding tert-OH is 11. The lowest BCUT2D eigenvalue weighted by Crippen LogP contribution is -2.66. The number of allylic oxidation sites excluding steroid dienone is 13. The smallest absolute Gasteiger partial charge is 0.220 e. The number of aliphatic hydroxyl groups is 11. The van der Waals surface area contributed by atoms with Crippen molar-refractivity contribution in [2.75, 3.05) is 26.4 Å². The predicted octanol–water partition coefficient (Wildman–Crippen LogP) is 12.2. The fraction of sp³-hybridized carbons (Fsp3) is 0.810. The minimum Gasteiger partial charge on any atom is -0.394 e. The second-order valence-electron chi connectivity index (χ2n) is 27.4. The van der Waals surface area contributed by atoms with Crippen LogP contribution in [0.5, 0.6) is 0 Å². The van der Waals surface area contributed by atoms with Gasteiger partial charge in [-0.05, 0) is 77.0 Å². The zero-order valence-electron chi connectivity index (χ0n) is 60.5. The van der Waals surface area contributed by atoms with E-state index in [1.165, 1.54) is 173 Å². The van der Waals surface area contributed by atoms with Gasteiger partial charge < -0.3 is 89.9 Å². The lowest BCUT2D eigenvalue weighted by atomic mass is 9.96. The molecule has 3 aliphatic rings. The first-order valence-electron chi connectivity index (χ1n) is 38.8. The van der Waals surface area contributed by atoms with Crippen molar-refractivity contribution in [2.24, 2.45) is 0 Å². The normalized spacial score (nSPS) is 27.2. The quantitative estimate of drug-likeness (QED) is 0.0199. The highest BCUT2D eigenvalue weighted by molar-refractivity contribution is 5.76. The Balaban J connectivity index is 1.33. The molecule has 0 saturated carbocycles. The third-order valence-electron chi connectivity index (χ3n) is 18.9. The van der Waals surface area contributed by atoms with E-state index in [1.807, 2.05) is 6.08 Å². The molecule has 568 valence electrons. The zero-order valence-corrected chi connectivity index (χ0v) is 60.5. The fourth-order valence-corrected chi connectivity index (χ4v) is 12.7. The van der Waals surface area contributed by atoms with E-state index in [1.54, 1.807) is 6.08 Å². The summed E-state index contributed by atoms with van der Waals surface area (Å²) in [7, 11) is 0. The Morgan fingerprint density at radius 1 is 0.378 bits per heavy atom. The van der Waals surface area contributed by atoms with Gasteiger partial charge in [-0.3, -0.25) is 4.79 Å². The van der Waals surface area contributed by atoms with Crippen LogP contribution in [0.15, 0.2) is 85.1 Å². The molecule has 19 nitrogen and oxygen atoms in total. The van der Waals surface area contributed by atoms with Crippen LogP contribution in [0.1, 0.15) is 277 Å². The van der Waals surface area contributed by atoms with Crippen LogP contribution >= 0.6 is 0 Å². The van der Waals surface area contributed by atoms with E-state index in [4.69, 9.17) is 28.4 Å². The molecule has 12 N–H and O–H groups in total. The van der Waals surface area contributed by atoms with Gasteiger partial charge in [0.15, 0.2) is 18.9 Å². The minimum absolute atomic E-state index is 0.235. The molecule has 0 radical (unpaired) electrons. The molecule has 3 aliphatic heterocycles. The number of nitrogens with one attached hydrogen (secondary N) is 1. The molecular weight excluding hydrogens is 1250 g/mol. The van der Waals surface area contributed by atoms with E-state index in [0.29, 0.717) is 12.8 Å². The lowest BCUT2D eigenvalue weighted by molar-refractivity contribution is -0.379. The van der Waals surface area contributed by atoms with Crippen molar-refractivity contribution in [3.63, 3.8) is 0 Å². The van der Waals surface area contributed by atoms with Gasteiger partial charge in [-0.2, -0.15) is 0 Å². The highest BCUT2D eigenvalue weighted by Gasteiger charge is 2.53. The van der Waals surface area contributed by atoms with Crippen molar-refractivity contribution in [1.29, 1.82) is 0 Å². The van der Waals surface area contributed by atoms with Crippen LogP contribution in [-0.2, 0) is 33.2 Å². The Kier molecular flexibility index (Phi) is 54.0. The lowest BCUT2D eigenvalue weighted by Gasteiger charge is -2.48. The average Bonchev–Trinajstić information content (AvgIpc) is 0.784. The maximum absolute atomic E-state index is 13.4. The first-order valence-corrected chi connectivity index (χ1v) is 38.8. The Labute approximate surface area is 590 Å². The molecule has 0 aromatic carbocycles. The molecule has 17 atom stereocenters. The van der Waals surface area contributed by atoms with Crippen molar-refractivity contribution < 1.29 is 89.4 Å². The molecule has 3 fully saturated rings. The van der Waals surface area contributed by atoms with Gasteiger partial charge in [-0.1, -0.05) is 279 Å². The van der Waals surface area contributed by atoms with Crippen LogP contribution < -0.4 is 5.32 Å². The number of ether oxygens (including phenoxy) is 6. The van der Waals surface area contributed by atoms with Gasteiger partial charge in [0.1, 0.15) is 73.2 Å². The highest BCUT2D eigenvalue weighted by atomic mass is 16.8. The van der Waals surface area contributed by atoms with Gasteiger partial charge in [0, 0.05) is 6.42 Å². The Morgan fingerprint density at radius 3 is 1.14 bits per heavy atom. The van der Waals surface area contributed by atoms with E-state index in [0.717, 1.165) is 70.6 Å². The maximum Gasteiger partial charge on any atom is 0.220 e. The van der Waals surface area contributed by atoms with Crippen LogP contribution in [-0.4, -0.2) is 193 Å². The van der Waals surface area contributed by atoms with Crippen molar-refractivity contribution >= 4 is 5.91 Å². The first kappa shape index (κ1) is 89.2. The van der Waals surface area contributed by atoms with Crippen molar-refractivity contribution in [1.82, 2.24) is 5.32 Å². The third-order valence-corrected chi connectivity index (χ3v) is 18.9. The van der Waals surface area contributed by atoms with E-state index in [9.17, 15) is 61.0 Å². The van der Waals surface area contributed by atoms with E-state index < -0.39 is 124 Å². The van der Waals surface area contributed by atoms with Crippen LogP contribution in [0.2, 0.25) is 0 Å². The molecule has 0 aromatic heterocycles. The van der Waals surface area contributed by atoms with Gasteiger partial charge in [-0.15, -0.1) is 0 Å². The number of rotatable bonds is 60. The van der Waals surface area contributed by atoms with E-state index in [2.05, 4.69) is 92.1 Å². The van der Waals surface area contributed by atoms with Crippen molar-refractivity contribution in [3.8, 4) is 0 Å². The van der Waals surface area contributed by atoms with Gasteiger partial charge >= 0.3 is 0 Å². The van der Waals surface area contributed by atoms with E-state index in [-0.39, 0.29) is 18.9 Å². The number of carbonyl (C=O) groups is 1. The molecule has 1 amide bonds. The molecule has 0 bridgehead atoms. The summed E-state index contributed by atoms with van der Waals surface area (Å²) in [6, 6.07) is -0.992. The Hall–Kier alpha value is -3.03. The number of hydrogen-bond donors (Lipinski definition) is 12. The fourth-order valence-electron chi connectivity index (χ4n) is 12.7. The number of hydrogen-bond acceptors (Lipinski definition) is 18. The molecule has 3 rings (SSSR count). The molecule has 0 aliphatic carbocycles.